The molecule has 0 amide bonds. The number of rotatable bonds is 3. The van der Waals surface area contributed by atoms with E-state index in [4.69, 9.17) is 4.74 Å². The highest BCUT2D eigenvalue weighted by atomic mass is 16.5. The number of hydrogen-bond donors (Lipinski definition) is 0. The van der Waals surface area contributed by atoms with E-state index in [1.54, 1.807) is 6.08 Å². The average Bonchev–Trinajstić information content (AvgIpc) is 3.07. The molecule has 3 heteroatoms. The molecule has 1 aliphatic heterocycles. The van der Waals surface area contributed by atoms with Gasteiger partial charge in [0, 0.05) is 5.92 Å². The van der Waals surface area contributed by atoms with E-state index in [0.29, 0.717) is 30.3 Å². The van der Waals surface area contributed by atoms with Crippen LogP contribution in [0.2, 0.25) is 0 Å². The first-order valence-corrected chi connectivity index (χ1v) is 10.2. The third-order valence-corrected chi connectivity index (χ3v) is 6.24. The van der Waals surface area contributed by atoms with Gasteiger partial charge >= 0.3 is 5.97 Å². The van der Waals surface area contributed by atoms with Gasteiger partial charge in [0.2, 0.25) is 0 Å². The van der Waals surface area contributed by atoms with Crippen molar-refractivity contribution in [3.63, 3.8) is 0 Å². The van der Waals surface area contributed by atoms with Gasteiger partial charge in [0.05, 0.1) is 23.9 Å². The summed E-state index contributed by atoms with van der Waals surface area (Å²) in [5.74, 6) is 2.34. The standard InChI is InChI=1S/C21H25NO2.C2H6/c1-2-15-7-5-8-16(22-15)10-11-18-17-9-4-3-6-14(17)12-19-20(18)13-24-21(19)23;1-2/h2,5,7-8,10-11,14,17-20H,1,3-4,6,9,12-13H2;1-2H3/b11-10+;/t14?,17-,18?,19?,20?;/m0./s1. The zero-order valence-electron chi connectivity index (χ0n) is 16.1. The SMILES string of the molecule is C=Cc1cccc(/C=C/C2C3COC(=O)C3CC3CCCC[C@@H]32)n1.CC. The number of carbonyl (C=O) groups excluding carboxylic acids is 1. The zero-order valence-corrected chi connectivity index (χ0v) is 16.1. The van der Waals surface area contributed by atoms with Crippen molar-refractivity contribution in [3.05, 3.63) is 42.2 Å². The lowest BCUT2D eigenvalue weighted by atomic mass is 9.58. The summed E-state index contributed by atoms with van der Waals surface area (Å²) in [7, 11) is 0. The lowest BCUT2D eigenvalue weighted by Crippen LogP contribution is -2.41. The molecule has 2 aliphatic carbocycles. The fourth-order valence-corrected chi connectivity index (χ4v) is 5.08. The zero-order chi connectivity index (χ0) is 18.5. The Balaban J connectivity index is 0.000000948. The summed E-state index contributed by atoms with van der Waals surface area (Å²) in [6.45, 7) is 8.39. The number of carbonyl (C=O) groups is 1. The van der Waals surface area contributed by atoms with Gasteiger partial charge in [-0.2, -0.15) is 0 Å². The largest absolute Gasteiger partial charge is 0.465 e. The summed E-state index contributed by atoms with van der Waals surface area (Å²) in [6.07, 6.45) is 12.5. The van der Waals surface area contributed by atoms with Crippen LogP contribution in [0, 0.1) is 29.6 Å². The fourth-order valence-electron chi connectivity index (χ4n) is 5.08. The summed E-state index contributed by atoms with van der Waals surface area (Å²) >= 11 is 0. The quantitative estimate of drug-likeness (QED) is 0.685. The third-order valence-electron chi connectivity index (χ3n) is 6.24. The molecule has 3 fully saturated rings. The molecule has 3 nitrogen and oxygen atoms in total. The molecule has 1 saturated heterocycles. The summed E-state index contributed by atoms with van der Waals surface area (Å²) in [6, 6.07) is 6.00. The summed E-state index contributed by atoms with van der Waals surface area (Å²) in [5, 5.41) is 0. The average molecular weight is 354 g/mol. The second-order valence-electron chi connectivity index (χ2n) is 7.47. The van der Waals surface area contributed by atoms with E-state index in [0.717, 1.165) is 17.8 Å². The van der Waals surface area contributed by atoms with Gasteiger partial charge in [-0.25, -0.2) is 4.98 Å². The summed E-state index contributed by atoms with van der Waals surface area (Å²) in [5.41, 5.74) is 1.86. The second-order valence-corrected chi connectivity index (χ2v) is 7.47. The minimum absolute atomic E-state index is 0.0363. The van der Waals surface area contributed by atoms with Gasteiger partial charge in [0.15, 0.2) is 0 Å². The van der Waals surface area contributed by atoms with Crippen LogP contribution >= 0.6 is 0 Å². The molecule has 3 aliphatic rings. The van der Waals surface area contributed by atoms with Crippen molar-refractivity contribution in [2.45, 2.75) is 46.0 Å². The van der Waals surface area contributed by atoms with Gasteiger partial charge in [0.1, 0.15) is 0 Å². The molecule has 4 rings (SSSR count). The topological polar surface area (TPSA) is 39.2 Å². The predicted molar refractivity (Wildman–Crippen MR) is 106 cm³/mol. The first-order chi connectivity index (χ1) is 12.8. The van der Waals surface area contributed by atoms with E-state index in [1.807, 2.05) is 32.0 Å². The number of aromatic nitrogens is 1. The molecule has 1 aromatic rings. The normalized spacial score (nSPS) is 32.8. The van der Waals surface area contributed by atoms with E-state index in [9.17, 15) is 4.79 Å². The monoisotopic (exact) mass is 353 g/mol. The van der Waals surface area contributed by atoms with Crippen molar-refractivity contribution in [1.29, 1.82) is 0 Å². The van der Waals surface area contributed by atoms with Crippen LogP contribution in [0.3, 0.4) is 0 Å². The maximum absolute atomic E-state index is 12.1. The van der Waals surface area contributed by atoms with Gasteiger partial charge < -0.3 is 4.74 Å². The molecular formula is C23H31NO2. The van der Waals surface area contributed by atoms with E-state index < -0.39 is 0 Å². The van der Waals surface area contributed by atoms with Crippen molar-refractivity contribution >= 4 is 18.1 Å². The molecule has 26 heavy (non-hydrogen) atoms. The van der Waals surface area contributed by atoms with Gasteiger partial charge in [0.25, 0.3) is 0 Å². The maximum atomic E-state index is 12.1. The van der Waals surface area contributed by atoms with Crippen molar-refractivity contribution < 1.29 is 9.53 Å². The Kier molecular flexibility index (Phi) is 6.29. The molecule has 2 heterocycles. The van der Waals surface area contributed by atoms with Crippen LogP contribution in [0.4, 0.5) is 0 Å². The highest BCUT2D eigenvalue weighted by Gasteiger charge is 2.50. The molecule has 4 unspecified atom stereocenters. The number of ether oxygens (including phenoxy) is 1. The van der Waals surface area contributed by atoms with Crippen LogP contribution in [0.5, 0.6) is 0 Å². The third kappa shape index (κ3) is 3.77. The Morgan fingerprint density at radius 2 is 1.92 bits per heavy atom. The Bertz CT molecular complexity index is 666. The number of allylic oxidation sites excluding steroid dienone is 1. The van der Waals surface area contributed by atoms with Gasteiger partial charge in [-0.05, 0) is 54.9 Å². The lowest BCUT2D eigenvalue weighted by molar-refractivity contribution is -0.142. The number of hydrogen-bond acceptors (Lipinski definition) is 3. The Morgan fingerprint density at radius 3 is 2.73 bits per heavy atom. The van der Waals surface area contributed by atoms with Crippen molar-refractivity contribution in [2.75, 3.05) is 6.61 Å². The van der Waals surface area contributed by atoms with Crippen molar-refractivity contribution in [1.82, 2.24) is 4.98 Å². The molecule has 0 aromatic carbocycles. The Hall–Kier alpha value is -1.90. The van der Waals surface area contributed by atoms with E-state index >= 15 is 0 Å². The van der Waals surface area contributed by atoms with Crippen LogP contribution < -0.4 is 0 Å². The summed E-state index contributed by atoms with van der Waals surface area (Å²) in [4.78, 5) is 16.7. The Labute approximate surface area is 157 Å². The van der Waals surface area contributed by atoms with E-state index in [1.165, 1.54) is 25.7 Å². The van der Waals surface area contributed by atoms with Gasteiger partial charge in [-0.1, -0.05) is 51.8 Å². The highest BCUT2D eigenvalue weighted by Crippen LogP contribution is 2.51. The first-order valence-electron chi connectivity index (χ1n) is 10.2. The number of pyridine rings is 1. The minimum Gasteiger partial charge on any atom is -0.465 e. The molecule has 0 spiro atoms. The molecule has 2 saturated carbocycles. The molecular weight excluding hydrogens is 322 g/mol. The fraction of sp³-hybridized carbons (Fsp3) is 0.565. The van der Waals surface area contributed by atoms with Gasteiger partial charge in [-0.15, -0.1) is 0 Å². The van der Waals surface area contributed by atoms with Crippen molar-refractivity contribution in [3.8, 4) is 0 Å². The van der Waals surface area contributed by atoms with Crippen molar-refractivity contribution in [2.24, 2.45) is 29.6 Å². The van der Waals surface area contributed by atoms with Crippen LogP contribution in [-0.2, 0) is 9.53 Å². The predicted octanol–water partition coefficient (Wildman–Crippen LogP) is 5.38. The number of nitrogens with zero attached hydrogens (tertiary/aromatic N) is 1. The second kappa shape index (κ2) is 8.66. The molecule has 5 atom stereocenters. The summed E-state index contributed by atoms with van der Waals surface area (Å²) < 4.78 is 5.42. The lowest BCUT2D eigenvalue weighted by Gasteiger charge is -2.44. The number of esters is 1. The number of fused-ring (bicyclic) bond motifs is 2. The first kappa shape index (κ1) is 18.9. The Morgan fingerprint density at radius 1 is 1.15 bits per heavy atom. The molecule has 140 valence electrons. The molecule has 0 bridgehead atoms. The highest BCUT2D eigenvalue weighted by molar-refractivity contribution is 5.75. The van der Waals surface area contributed by atoms with E-state index in [-0.39, 0.29) is 11.9 Å². The van der Waals surface area contributed by atoms with Gasteiger partial charge in [-0.3, -0.25) is 4.79 Å². The molecule has 0 N–H and O–H groups in total. The smallest absolute Gasteiger partial charge is 0.309 e. The van der Waals surface area contributed by atoms with Crippen LogP contribution in [0.1, 0.15) is 57.3 Å². The van der Waals surface area contributed by atoms with Crippen LogP contribution in [0.25, 0.3) is 12.2 Å². The van der Waals surface area contributed by atoms with E-state index in [2.05, 4.69) is 23.7 Å². The number of cyclic esters (lactones) is 1. The van der Waals surface area contributed by atoms with Crippen LogP contribution in [-0.4, -0.2) is 17.6 Å². The minimum atomic E-state index is 0.0363. The molecule has 0 radical (unpaired) electrons. The molecule has 1 aromatic heterocycles. The van der Waals surface area contributed by atoms with Crippen LogP contribution in [0.15, 0.2) is 30.9 Å². The maximum Gasteiger partial charge on any atom is 0.309 e.